The molecule has 0 saturated carbocycles. The van der Waals surface area contributed by atoms with Crippen LogP contribution in [0.25, 0.3) is 0 Å². The Morgan fingerprint density at radius 2 is 1.45 bits per heavy atom. The highest BCUT2D eigenvalue weighted by molar-refractivity contribution is 5.73. The number of nitrogens with two attached hydrogens (primary N) is 1. The molecule has 0 saturated heterocycles. The van der Waals surface area contributed by atoms with E-state index in [1.54, 1.807) is 0 Å². The molecule has 0 unspecified atom stereocenters. The minimum Gasteiger partial charge on any atom is -0.334 e. The fourth-order valence-corrected chi connectivity index (χ4v) is 1.89. The van der Waals surface area contributed by atoms with Crippen molar-refractivity contribution in [1.82, 2.24) is 10.6 Å². The lowest BCUT2D eigenvalue weighted by atomic mass is 10.1. The Hall–Kier alpha value is -2.33. The third-order valence-electron chi connectivity index (χ3n) is 2.98. The third-order valence-corrected chi connectivity index (χ3v) is 2.98. The SMILES string of the molecule is NCc1cccc(CNC(=O)NCc2ccccc2)c1. The molecule has 2 aromatic rings. The van der Waals surface area contributed by atoms with E-state index in [2.05, 4.69) is 10.6 Å². The van der Waals surface area contributed by atoms with Crippen LogP contribution in [0.3, 0.4) is 0 Å². The first-order valence-corrected chi connectivity index (χ1v) is 6.61. The van der Waals surface area contributed by atoms with Crippen LogP contribution in [-0.2, 0) is 19.6 Å². The topological polar surface area (TPSA) is 67.1 Å². The van der Waals surface area contributed by atoms with Gasteiger partial charge in [0.15, 0.2) is 0 Å². The molecule has 0 aliphatic carbocycles. The first kappa shape index (κ1) is 14.1. The summed E-state index contributed by atoms with van der Waals surface area (Å²) in [7, 11) is 0. The van der Waals surface area contributed by atoms with Gasteiger partial charge in [-0.2, -0.15) is 0 Å². The summed E-state index contributed by atoms with van der Waals surface area (Å²) in [6, 6.07) is 17.5. The van der Waals surface area contributed by atoms with E-state index in [0.717, 1.165) is 16.7 Å². The molecule has 0 atom stereocenters. The number of hydrogen-bond donors (Lipinski definition) is 3. The fourth-order valence-electron chi connectivity index (χ4n) is 1.89. The molecule has 104 valence electrons. The van der Waals surface area contributed by atoms with Crippen LogP contribution in [0.5, 0.6) is 0 Å². The molecule has 4 N–H and O–H groups in total. The molecule has 4 nitrogen and oxygen atoms in total. The molecule has 0 bridgehead atoms. The molecule has 0 heterocycles. The minimum atomic E-state index is -0.174. The number of nitrogens with one attached hydrogen (secondary N) is 2. The standard InChI is InChI=1S/C16H19N3O/c17-10-14-7-4-8-15(9-14)12-19-16(20)18-11-13-5-2-1-3-6-13/h1-9H,10-12,17H2,(H2,18,19,20). The monoisotopic (exact) mass is 269 g/mol. The van der Waals surface area contributed by atoms with Gasteiger partial charge in [-0.15, -0.1) is 0 Å². The van der Waals surface area contributed by atoms with Gasteiger partial charge in [-0.05, 0) is 16.7 Å². The van der Waals surface area contributed by atoms with Crippen LogP contribution < -0.4 is 16.4 Å². The minimum absolute atomic E-state index is 0.174. The van der Waals surface area contributed by atoms with Crippen molar-refractivity contribution < 1.29 is 4.79 Å². The van der Waals surface area contributed by atoms with Crippen LogP contribution in [-0.4, -0.2) is 6.03 Å². The average Bonchev–Trinajstić information content (AvgIpc) is 2.52. The highest BCUT2D eigenvalue weighted by Crippen LogP contribution is 2.04. The second kappa shape index (κ2) is 7.31. The summed E-state index contributed by atoms with van der Waals surface area (Å²) in [5.41, 5.74) is 8.77. The van der Waals surface area contributed by atoms with Gasteiger partial charge >= 0.3 is 6.03 Å². The predicted octanol–water partition coefficient (Wildman–Crippen LogP) is 2.14. The van der Waals surface area contributed by atoms with Crippen molar-refractivity contribution in [2.45, 2.75) is 19.6 Å². The molecule has 20 heavy (non-hydrogen) atoms. The van der Waals surface area contributed by atoms with Crippen molar-refractivity contribution >= 4 is 6.03 Å². The van der Waals surface area contributed by atoms with Crippen molar-refractivity contribution in [3.63, 3.8) is 0 Å². The van der Waals surface area contributed by atoms with Crippen LogP contribution in [0, 0.1) is 0 Å². The summed E-state index contributed by atoms with van der Waals surface area (Å²) in [4.78, 5) is 11.7. The second-order valence-corrected chi connectivity index (χ2v) is 4.55. The van der Waals surface area contributed by atoms with Gasteiger partial charge in [0.2, 0.25) is 0 Å². The number of hydrogen-bond acceptors (Lipinski definition) is 2. The van der Waals surface area contributed by atoms with E-state index in [0.29, 0.717) is 19.6 Å². The molecule has 0 aromatic heterocycles. The molecule has 2 rings (SSSR count). The number of urea groups is 1. The average molecular weight is 269 g/mol. The number of carbonyl (C=O) groups excluding carboxylic acids is 1. The van der Waals surface area contributed by atoms with Gasteiger partial charge in [-0.1, -0.05) is 54.6 Å². The lowest BCUT2D eigenvalue weighted by molar-refractivity contribution is 0.240. The molecule has 4 heteroatoms. The smallest absolute Gasteiger partial charge is 0.315 e. The van der Waals surface area contributed by atoms with Crippen LogP contribution in [0.4, 0.5) is 4.79 Å². The lowest BCUT2D eigenvalue weighted by Gasteiger charge is -2.08. The van der Waals surface area contributed by atoms with E-state index in [4.69, 9.17) is 5.73 Å². The Bertz CT molecular complexity index is 555. The first-order valence-electron chi connectivity index (χ1n) is 6.61. The predicted molar refractivity (Wildman–Crippen MR) is 79.9 cm³/mol. The van der Waals surface area contributed by atoms with E-state index in [9.17, 15) is 4.79 Å². The molecular formula is C16H19N3O. The van der Waals surface area contributed by atoms with Crippen molar-refractivity contribution in [1.29, 1.82) is 0 Å². The van der Waals surface area contributed by atoms with E-state index in [-0.39, 0.29) is 6.03 Å². The summed E-state index contributed by atoms with van der Waals surface area (Å²) in [6.45, 7) is 1.53. The van der Waals surface area contributed by atoms with Crippen LogP contribution in [0.1, 0.15) is 16.7 Å². The van der Waals surface area contributed by atoms with Gasteiger partial charge in [0.25, 0.3) is 0 Å². The van der Waals surface area contributed by atoms with Gasteiger partial charge in [-0.3, -0.25) is 0 Å². The third kappa shape index (κ3) is 4.40. The van der Waals surface area contributed by atoms with Gasteiger partial charge in [-0.25, -0.2) is 4.79 Å². The maximum atomic E-state index is 11.7. The number of benzene rings is 2. The largest absolute Gasteiger partial charge is 0.334 e. The van der Waals surface area contributed by atoms with Crippen molar-refractivity contribution in [2.24, 2.45) is 5.73 Å². The summed E-state index contributed by atoms with van der Waals surface area (Å²) in [6.07, 6.45) is 0. The van der Waals surface area contributed by atoms with E-state index < -0.39 is 0 Å². The highest BCUT2D eigenvalue weighted by Gasteiger charge is 2.01. The van der Waals surface area contributed by atoms with E-state index >= 15 is 0 Å². The van der Waals surface area contributed by atoms with Crippen LogP contribution in [0.2, 0.25) is 0 Å². The Morgan fingerprint density at radius 1 is 0.850 bits per heavy atom. The Balaban J connectivity index is 1.77. The quantitative estimate of drug-likeness (QED) is 0.778. The zero-order valence-corrected chi connectivity index (χ0v) is 11.3. The Labute approximate surface area is 119 Å². The molecule has 2 aromatic carbocycles. The molecule has 0 radical (unpaired) electrons. The van der Waals surface area contributed by atoms with E-state index in [1.165, 1.54) is 0 Å². The van der Waals surface area contributed by atoms with Crippen LogP contribution >= 0.6 is 0 Å². The van der Waals surface area contributed by atoms with Gasteiger partial charge in [0.1, 0.15) is 0 Å². The Kier molecular flexibility index (Phi) is 5.15. The zero-order valence-electron chi connectivity index (χ0n) is 11.3. The first-order chi connectivity index (χ1) is 9.78. The zero-order chi connectivity index (χ0) is 14.2. The molecule has 0 fully saturated rings. The van der Waals surface area contributed by atoms with Crippen molar-refractivity contribution in [3.8, 4) is 0 Å². The lowest BCUT2D eigenvalue weighted by Crippen LogP contribution is -2.34. The van der Waals surface area contributed by atoms with E-state index in [1.807, 2.05) is 54.6 Å². The number of rotatable bonds is 5. The number of carbonyl (C=O) groups is 1. The maximum Gasteiger partial charge on any atom is 0.315 e. The fraction of sp³-hybridized carbons (Fsp3) is 0.188. The molecule has 0 aliphatic heterocycles. The summed E-state index contributed by atoms with van der Waals surface area (Å²) in [5, 5.41) is 5.65. The summed E-state index contributed by atoms with van der Waals surface area (Å²) in [5.74, 6) is 0. The van der Waals surface area contributed by atoms with Crippen molar-refractivity contribution in [3.05, 3.63) is 71.3 Å². The maximum absolute atomic E-state index is 11.7. The van der Waals surface area contributed by atoms with Gasteiger partial charge in [0, 0.05) is 19.6 Å². The highest BCUT2D eigenvalue weighted by atomic mass is 16.2. The summed E-state index contributed by atoms with van der Waals surface area (Å²) >= 11 is 0. The molecular weight excluding hydrogens is 250 g/mol. The van der Waals surface area contributed by atoms with Gasteiger partial charge < -0.3 is 16.4 Å². The van der Waals surface area contributed by atoms with Gasteiger partial charge in [0.05, 0.1) is 0 Å². The normalized spacial score (nSPS) is 10.1. The number of amides is 2. The second-order valence-electron chi connectivity index (χ2n) is 4.55. The van der Waals surface area contributed by atoms with Crippen molar-refractivity contribution in [2.75, 3.05) is 0 Å². The summed E-state index contributed by atoms with van der Waals surface area (Å²) < 4.78 is 0. The molecule has 0 aliphatic rings. The van der Waals surface area contributed by atoms with Crippen LogP contribution in [0.15, 0.2) is 54.6 Å². The molecule has 0 spiro atoms. The molecule has 2 amide bonds. The Morgan fingerprint density at radius 3 is 2.15 bits per heavy atom.